The Labute approximate surface area is 151 Å². The van der Waals surface area contributed by atoms with Crippen molar-refractivity contribution in [2.75, 3.05) is 24.6 Å². The van der Waals surface area contributed by atoms with Gasteiger partial charge < -0.3 is 15.6 Å². The number of nitrogen functional groups attached to an aromatic ring is 1. The molecule has 7 heteroatoms. The van der Waals surface area contributed by atoms with Crippen LogP contribution in [-0.4, -0.2) is 38.9 Å². The topological polar surface area (TPSA) is 89.1 Å². The summed E-state index contributed by atoms with van der Waals surface area (Å²) in [4.78, 5) is 23.7. The number of likely N-dealkylation sites (N-methyl/N-ethyl adjacent to an activating group) is 1. The van der Waals surface area contributed by atoms with Crippen molar-refractivity contribution >= 4 is 17.4 Å². The number of hydrogen-bond acceptors (Lipinski definition) is 5. The van der Waals surface area contributed by atoms with Gasteiger partial charge >= 0.3 is 0 Å². The third-order valence-electron chi connectivity index (χ3n) is 4.45. The fourth-order valence-corrected chi connectivity index (χ4v) is 2.99. The molecule has 1 amide bonds. The fourth-order valence-electron chi connectivity index (χ4n) is 2.99. The van der Waals surface area contributed by atoms with E-state index in [1.807, 2.05) is 48.0 Å². The van der Waals surface area contributed by atoms with Crippen LogP contribution in [0.3, 0.4) is 0 Å². The maximum atomic E-state index is 12.6. The number of fused-ring (bicyclic) bond motifs is 1. The largest absolute Gasteiger partial charge is 0.396 e. The molecule has 0 radical (unpaired) electrons. The van der Waals surface area contributed by atoms with Crippen LogP contribution >= 0.6 is 0 Å². The van der Waals surface area contributed by atoms with Gasteiger partial charge in [0, 0.05) is 24.8 Å². The number of pyridine rings is 1. The molecule has 0 bridgehead atoms. The summed E-state index contributed by atoms with van der Waals surface area (Å²) in [6.07, 6.45) is 1.79. The standard InChI is InChI=1S/C19H20N6O/c1-24-9-10-25-11-16(21-17(25)12-24)19(26)23-18-14(20)7-8-15(22-18)13-5-3-2-4-6-13/h2-8,11H,9-10,12,20H2,1H3,(H,22,23,26). The summed E-state index contributed by atoms with van der Waals surface area (Å²) in [7, 11) is 2.04. The van der Waals surface area contributed by atoms with E-state index in [1.54, 1.807) is 12.3 Å². The highest BCUT2D eigenvalue weighted by Crippen LogP contribution is 2.23. The van der Waals surface area contributed by atoms with E-state index in [4.69, 9.17) is 5.73 Å². The Morgan fingerprint density at radius 3 is 2.73 bits per heavy atom. The predicted octanol–water partition coefficient (Wildman–Crippen LogP) is 2.23. The lowest BCUT2D eigenvalue weighted by molar-refractivity contribution is 0.102. The van der Waals surface area contributed by atoms with Crippen molar-refractivity contribution in [3.05, 3.63) is 60.2 Å². The summed E-state index contributed by atoms with van der Waals surface area (Å²) in [6.45, 7) is 2.51. The molecule has 2 aromatic heterocycles. The molecule has 1 aromatic carbocycles. The number of benzene rings is 1. The van der Waals surface area contributed by atoms with E-state index in [0.717, 1.165) is 36.7 Å². The molecule has 0 unspecified atom stereocenters. The van der Waals surface area contributed by atoms with Gasteiger partial charge in [-0.2, -0.15) is 0 Å². The minimum absolute atomic E-state index is 0.307. The molecule has 0 fully saturated rings. The van der Waals surface area contributed by atoms with E-state index in [0.29, 0.717) is 17.2 Å². The number of imidazole rings is 1. The maximum absolute atomic E-state index is 12.6. The van der Waals surface area contributed by atoms with Crippen LogP contribution in [0.4, 0.5) is 11.5 Å². The van der Waals surface area contributed by atoms with Gasteiger partial charge in [-0.3, -0.25) is 9.69 Å². The summed E-state index contributed by atoms with van der Waals surface area (Å²) < 4.78 is 2.02. The van der Waals surface area contributed by atoms with Crippen molar-refractivity contribution < 1.29 is 4.79 Å². The molecule has 0 saturated heterocycles. The van der Waals surface area contributed by atoms with Crippen LogP contribution in [0.25, 0.3) is 11.3 Å². The molecule has 26 heavy (non-hydrogen) atoms. The summed E-state index contributed by atoms with van der Waals surface area (Å²) in [5, 5.41) is 2.79. The van der Waals surface area contributed by atoms with Crippen molar-refractivity contribution in [1.82, 2.24) is 19.4 Å². The van der Waals surface area contributed by atoms with Gasteiger partial charge in [-0.05, 0) is 19.2 Å². The first-order valence-electron chi connectivity index (χ1n) is 8.48. The Kier molecular flexibility index (Phi) is 4.14. The second kappa shape index (κ2) is 6.61. The van der Waals surface area contributed by atoms with E-state index < -0.39 is 0 Å². The molecule has 1 aliphatic heterocycles. The number of nitrogens with one attached hydrogen (secondary N) is 1. The van der Waals surface area contributed by atoms with Gasteiger partial charge in [-0.25, -0.2) is 9.97 Å². The third kappa shape index (κ3) is 3.16. The molecular formula is C19H20N6O. The van der Waals surface area contributed by atoms with E-state index in [9.17, 15) is 4.79 Å². The zero-order valence-corrected chi connectivity index (χ0v) is 14.5. The number of nitrogens with zero attached hydrogens (tertiary/aromatic N) is 4. The summed E-state index contributed by atoms with van der Waals surface area (Å²) >= 11 is 0. The normalized spacial score (nSPS) is 14.0. The van der Waals surface area contributed by atoms with Crippen LogP contribution < -0.4 is 11.1 Å². The Morgan fingerprint density at radius 1 is 1.12 bits per heavy atom. The molecule has 132 valence electrons. The molecule has 3 heterocycles. The summed E-state index contributed by atoms with van der Waals surface area (Å²) in [5.41, 5.74) is 8.51. The van der Waals surface area contributed by atoms with E-state index in [-0.39, 0.29) is 5.91 Å². The smallest absolute Gasteiger partial charge is 0.277 e. The van der Waals surface area contributed by atoms with Crippen molar-refractivity contribution in [3.63, 3.8) is 0 Å². The van der Waals surface area contributed by atoms with Gasteiger partial charge in [0.05, 0.1) is 17.9 Å². The third-order valence-corrected chi connectivity index (χ3v) is 4.45. The predicted molar refractivity (Wildman–Crippen MR) is 101 cm³/mol. The number of rotatable bonds is 3. The molecule has 0 atom stereocenters. The van der Waals surface area contributed by atoms with Crippen LogP contribution in [0, 0.1) is 0 Å². The highest BCUT2D eigenvalue weighted by atomic mass is 16.2. The molecule has 0 saturated carbocycles. The molecule has 7 nitrogen and oxygen atoms in total. The van der Waals surface area contributed by atoms with Gasteiger partial charge in [0.2, 0.25) is 0 Å². The second-order valence-corrected chi connectivity index (χ2v) is 6.43. The van der Waals surface area contributed by atoms with Crippen molar-refractivity contribution in [2.24, 2.45) is 0 Å². The van der Waals surface area contributed by atoms with Gasteiger partial charge in [0.15, 0.2) is 5.82 Å². The highest BCUT2D eigenvalue weighted by molar-refractivity contribution is 6.03. The molecule has 3 aromatic rings. The zero-order valence-electron chi connectivity index (χ0n) is 14.5. The SMILES string of the molecule is CN1CCn2cc(C(=O)Nc3nc(-c4ccccc4)ccc3N)nc2C1. The van der Waals surface area contributed by atoms with Crippen LogP contribution in [0.1, 0.15) is 16.3 Å². The van der Waals surface area contributed by atoms with Crippen molar-refractivity contribution in [2.45, 2.75) is 13.1 Å². The number of hydrogen-bond donors (Lipinski definition) is 2. The molecule has 4 rings (SSSR count). The average molecular weight is 348 g/mol. The lowest BCUT2D eigenvalue weighted by Gasteiger charge is -2.22. The van der Waals surface area contributed by atoms with E-state index in [1.165, 1.54) is 0 Å². The van der Waals surface area contributed by atoms with Gasteiger partial charge in [-0.15, -0.1) is 0 Å². The average Bonchev–Trinajstić information content (AvgIpc) is 3.07. The van der Waals surface area contributed by atoms with Crippen molar-refractivity contribution in [3.8, 4) is 11.3 Å². The first kappa shape index (κ1) is 16.3. The Morgan fingerprint density at radius 2 is 1.92 bits per heavy atom. The minimum atomic E-state index is -0.307. The summed E-state index contributed by atoms with van der Waals surface area (Å²) in [6, 6.07) is 13.3. The van der Waals surface area contributed by atoms with Crippen LogP contribution in [0.2, 0.25) is 0 Å². The summed E-state index contributed by atoms with van der Waals surface area (Å²) in [5.74, 6) is 0.932. The first-order chi connectivity index (χ1) is 12.6. The lowest BCUT2D eigenvalue weighted by atomic mass is 10.1. The number of nitrogens with two attached hydrogens (primary N) is 1. The molecule has 0 aliphatic carbocycles. The Balaban J connectivity index is 1.58. The molecule has 0 spiro atoms. The molecule has 3 N–H and O–H groups in total. The van der Waals surface area contributed by atoms with Crippen LogP contribution in [0.15, 0.2) is 48.7 Å². The fraction of sp³-hybridized carbons (Fsp3) is 0.211. The lowest BCUT2D eigenvalue weighted by Crippen LogP contribution is -2.30. The quantitative estimate of drug-likeness (QED) is 0.758. The zero-order chi connectivity index (χ0) is 18.1. The number of aromatic nitrogens is 3. The number of carbonyl (C=O) groups is 1. The number of carbonyl (C=O) groups excluding carboxylic acids is 1. The van der Waals surface area contributed by atoms with Crippen molar-refractivity contribution in [1.29, 1.82) is 0 Å². The van der Waals surface area contributed by atoms with Gasteiger partial charge in [0.25, 0.3) is 5.91 Å². The molecular weight excluding hydrogens is 328 g/mol. The number of amides is 1. The van der Waals surface area contributed by atoms with Crippen LogP contribution in [0.5, 0.6) is 0 Å². The second-order valence-electron chi connectivity index (χ2n) is 6.43. The van der Waals surface area contributed by atoms with Crippen LogP contribution in [-0.2, 0) is 13.1 Å². The van der Waals surface area contributed by atoms with E-state index >= 15 is 0 Å². The minimum Gasteiger partial charge on any atom is -0.396 e. The van der Waals surface area contributed by atoms with Gasteiger partial charge in [0.1, 0.15) is 11.5 Å². The van der Waals surface area contributed by atoms with E-state index in [2.05, 4.69) is 20.2 Å². The maximum Gasteiger partial charge on any atom is 0.277 e. The molecule has 1 aliphatic rings. The van der Waals surface area contributed by atoms with Gasteiger partial charge in [-0.1, -0.05) is 30.3 Å². The highest BCUT2D eigenvalue weighted by Gasteiger charge is 2.20. The monoisotopic (exact) mass is 348 g/mol. The Hall–Kier alpha value is -3.19. The first-order valence-corrected chi connectivity index (χ1v) is 8.48. The Bertz CT molecular complexity index is 950. The number of anilines is 2.